The van der Waals surface area contributed by atoms with Gasteiger partial charge in [0.2, 0.25) is 11.3 Å². The summed E-state index contributed by atoms with van der Waals surface area (Å²) in [6.45, 7) is 10.1. The molecular formula is C18H27N3O5S. The van der Waals surface area contributed by atoms with Gasteiger partial charge in [0.05, 0.1) is 13.2 Å². The molecule has 0 atom stereocenters. The third-order valence-electron chi connectivity index (χ3n) is 3.99. The third kappa shape index (κ3) is 5.18. The van der Waals surface area contributed by atoms with Crippen LogP contribution in [0.25, 0.3) is 0 Å². The number of ether oxygens (including phenoxy) is 2. The van der Waals surface area contributed by atoms with Crippen LogP contribution in [0.3, 0.4) is 0 Å². The van der Waals surface area contributed by atoms with Crippen LogP contribution in [0.5, 0.6) is 0 Å². The van der Waals surface area contributed by atoms with Crippen molar-refractivity contribution in [3.05, 3.63) is 11.1 Å². The van der Waals surface area contributed by atoms with Crippen molar-refractivity contribution in [3.63, 3.8) is 0 Å². The van der Waals surface area contributed by atoms with Crippen LogP contribution in [0.1, 0.15) is 53.2 Å². The topological polar surface area (TPSA) is 113 Å². The number of nitrogens with two attached hydrogens (primary N) is 1. The van der Waals surface area contributed by atoms with Crippen molar-refractivity contribution in [3.8, 4) is 0 Å². The number of hydrogen-bond donors (Lipinski definition) is 1. The monoisotopic (exact) mass is 397 g/mol. The molecule has 0 aliphatic heterocycles. The van der Waals surface area contributed by atoms with Gasteiger partial charge in [-0.3, -0.25) is 0 Å². The molecule has 9 heteroatoms. The van der Waals surface area contributed by atoms with E-state index >= 15 is 0 Å². The molecule has 1 aliphatic rings. The Balaban J connectivity index is 2.25. The van der Waals surface area contributed by atoms with Crippen molar-refractivity contribution in [1.29, 1.82) is 0 Å². The van der Waals surface area contributed by atoms with Gasteiger partial charge in [0.1, 0.15) is 5.69 Å². The first kappa shape index (κ1) is 21.1. The molecule has 0 amide bonds. The number of anilines is 1. The number of esters is 2. The molecular weight excluding hydrogens is 370 g/mol. The van der Waals surface area contributed by atoms with E-state index in [1.165, 1.54) is 11.3 Å². The van der Waals surface area contributed by atoms with Crippen LogP contribution in [0, 0.1) is 11.3 Å². The van der Waals surface area contributed by atoms with E-state index in [-0.39, 0.29) is 34.5 Å². The maximum atomic E-state index is 12.6. The molecule has 8 nitrogen and oxygen atoms in total. The zero-order valence-corrected chi connectivity index (χ0v) is 17.2. The summed E-state index contributed by atoms with van der Waals surface area (Å²) < 4.78 is 10.4. The third-order valence-corrected chi connectivity index (χ3v) is 4.67. The average molecular weight is 397 g/mol. The summed E-state index contributed by atoms with van der Waals surface area (Å²) in [5, 5.41) is 5.84. The summed E-state index contributed by atoms with van der Waals surface area (Å²) in [6.07, 6.45) is 0.880. The summed E-state index contributed by atoms with van der Waals surface area (Å²) in [6, 6.07) is 0. The highest BCUT2D eigenvalue weighted by Crippen LogP contribution is 2.51. The van der Waals surface area contributed by atoms with Gasteiger partial charge in [-0.2, -0.15) is 0 Å². The quantitative estimate of drug-likeness (QED) is 0.407. The second-order valence-electron chi connectivity index (χ2n) is 7.83. The first-order chi connectivity index (χ1) is 12.6. The van der Waals surface area contributed by atoms with E-state index in [2.05, 4.69) is 10.1 Å². The first-order valence-electron chi connectivity index (χ1n) is 8.90. The predicted molar refractivity (Wildman–Crippen MR) is 102 cm³/mol. The van der Waals surface area contributed by atoms with Gasteiger partial charge in [-0.1, -0.05) is 32.9 Å². The van der Waals surface area contributed by atoms with E-state index < -0.39 is 17.5 Å². The molecule has 2 rings (SSSR count). The molecule has 1 aromatic rings. The number of hydrogen-bond acceptors (Lipinski definition) is 9. The van der Waals surface area contributed by atoms with Crippen molar-refractivity contribution in [2.75, 3.05) is 18.9 Å². The molecule has 0 spiro atoms. The number of nitrogens with zero attached hydrogens (tertiary/aromatic N) is 2. The minimum atomic E-state index is -1.21. The molecule has 1 aliphatic carbocycles. The van der Waals surface area contributed by atoms with Crippen LogP contribution >= 0.6 is 11.3 Å². The van der Waals surface area contributed by atoms with E-state index in [0.29, 0.717) is 19.4 Å². The lowest BCUT2D eigenvalue weighted by molar-refractivity contribution is -0.205. The maximum Gasteiger partial charge on any atom is 0.362 e. The van der Waals surface area contributed by atoms with Crippen LogP contribution in [-0.4, -0.2) is 41.4 Å². The van der Waals surface area contributed by atoms with E-state index in [1.54, 1.807) is 12.3 Å². The highest BCUT2D eigenvalue weighted by molar-refractivity contribution is 7.13. The minimum Gasteiger partial charge on any atom is -0.462 e. The Labute approximate surface area is 163 Å². The zero-order valence-electron chi connectivity index (χ0n) is 16.4. The van der Waals surface area contributed by atoms with Gasteiger partial charge >= 0.3 is 11.9 Å². The van der Waals surface area contributed by atoms with Gasteiger partial charge in [0.25, 0.3) is 0 Å². The fraction of sp³-hybridized carbons (Fsp3) is 0.667. The van der Waals surface area contributed by atoms with Gasteiger partial charge in [-0.05, 0) is 18.3 Å². The molecule has 2 N–H and O–H groups in total. The van der Waals surface area contributed by atoms with Gasteiger partial charge in [-0.25, -0.2) is 14.6 Å². The van der Waals surface area contributed by atoms with Crippen LogP contribution < -0.4 is 5.73 Å². The number of oxime groups is 1. The smallest absolute Gasteiger partial charge is 0.362 e. The Morgan fingerprint density at radius 3 is 2.48 bits per heavy atom. The predicted octanol–water partition coefficient (Wildman–Crippen LogP) is 2.77. The number of aromatic nitrogens is 1. The lowest BCUT2D eigenvalue weighted by Crippen LogP contribution is -2.56. The number of carbonyl (C=O) groups excluding carboxylic acids is 2. The number of carbonyl (C=O) groups is 2. The fourth-order valence-corrected chi connectivity index (χ4v) is 3.58. The zero-order chi connectivity index (χ0) is 20.2. The molecule has 1 aromatic heterocycles. The molecule has 1 fully saturated rings. The lowest BCUT2D eigenvalue weighted by atomic mass is 9.61. The van der Waals surface area contributed by atoms with Crippen molar-refractivity contribution in [2.24, 2.45) is 16.5 Å². The SMILES string of the molecule is CCOC(=O)/C(=N\OC1(C(=O)OCC(C)C)CC(C)(C)C1)c1csc(N)n1. The maximum absolute atomic E-state index is 12.6. The largest absolute Gasteiger partial charge is 0.462 e. The Morgan fingerprint density at radius 2 is 2.00 bits per heavy atom. The highest BCUT2D eigenvalue weighted by Gasteiger charge is 2.59. The lowest BCUT2D eigenvalue weighted by Gasteiger charge is -2.48. The number of thiazole rings is 1. The summed E-state index contributed by atoms with van der Waals surface area (Å²) in [7, 11) is 0. The Morgan fingerprint density at radius 1 is 1.33 bits per heavy atom. The Hall–Kier alpha value is -2.16. The molecule has 0 saturated heterocycles. The molecule has 0 bridgehead atoms. The molecule has 0 radical (unpaired) electrons. The molecule has 150 valence electrons. The van der Waals surface area contributed by atoms with Gasteiger partial charge in [0, 0.05) is 18.2 Å². The Kier molecular flexibility index (Phi) is 6.46. The van der Waals surface area contributed by atoms with Gasteiger partial charge in [0.15, 0.2) is 5.13 Å². The van der Waals surface area contributed by atoms with E-state index in [1.807, 2.05) is 27.7 Å². The second kappa shape index (κ2) is 8.24. The van der Waals surface area contributed by atoms with Crippen molar-refractivity contribution in [2.45, 2.75) is 53.1 Å². The van der Waals surface area contributed by atoms with E-state index in [9.17, 15) is 9.59 Å². The van der Waals surface area contributed by atoms with Crippen molar-refractivity contribution in [1.82, 2.24) is 4.98 Å². The van der Waals surface area contributed by atoms with Crippen LogP contribution in [-0.2, 0) is 23.9 Å². The Bertz CT molecular complexity index is 718. The number of rotatable bonds is 8. The average Bonchev–Trinajstić information content (AvgIpc) is 2.97. The van der Waals surface area contributed by atoms with E-state index in [4.69, 9.17) is 20.0 Å². The fourth-order valence-electron chi connectivity index (χ4n) is 3.03. The molecule has 27 heavy (non-hydrogen) atoms. The molecule has 0 aromatic carbocycles. The van der Waals surface area contributed by atoms with E-state index in [0.717, 1.165) is 0 Å². The van der Waals surface area contributed by atoms with Crippen molar-refractivity contribution < 1.29 is 23.9 Å². The standard InChI is InChI=1S/C18H27N3O5S/c1-6-24-14(22)13(12-8-27-16(19)20-12)21-26-18(9-17(4,5)10-18)15(23)25-7-11(2)3/h8,11H,6-7,9-10H2,1-5H3,(H2,19,20)/b21-13-. The minimum absolute atomic E-state index is 0.0818. The van der Waals surface area contributed by atoms with Gasteiger partial charge in [-0.15, -0.1) is 11.3 Å². The molecule has 1 heterocycles. The van der Waals surface area contributed by atoms with Crippen LogP contribution in [0.15, 0.2) is 10.5 Å². The number of nitrogen functional groups attached to an aromatic ring is 1. The summed E-state index contributed by atoms with van der Waals surface area (Å²) in [5.74, 6) is -0.956. The summed E-state index contributed by atoms with van der Waals surface area (Å²) in [5.41, 5.74) is 4.48. The van der Waals surface area contributed by atoms with Gasteiger partial charge < -0.3 is 20.0 Å². The summed E-state index contributed by atoms with van der Waals surface area (Å²) in [4.78, 5) is 34.6. The highest BCUT2D eigenvalue weighted by atomic mass is 32.1. The first-order valence-corrected chi connectivity index (χ1v) is 9.78. The molecule has 1 saturated carbocycles. The van der Waals surface area contributed by atoms with Crippen LogP contribution in [0.2, 0.25) is 0 Å². The normalized spacial score (nSPS) is 17.9. The van der Waals surface area contributed by atoms with Crippen LogP contribution in [0.4, 0.5) is 5.13 Å². The molecule has 0 unspecified atom stereocenters. The summed E-state index contributed by atoms with van der Waals surface area (Å²) >= 11 is 1.17. The second-order valence-corrected chi connectivity index (χ2v) is 8.72. The van der Waals surface area contributed by atoms with Crippen molar-refractivity contribution >= 4 is 34.1 Å².